The lowest BCUT2D eigenvalue weighted by Gasteiger charge is -2.34. The van der Waals surface area contributed by atoms with Crippen LogP contribution >= 0.6 is 12.2 Å². The number of hydrogen-bond acceptors (Lipinski definition) is 5. The average Bonchev–Trinajstić information content (AvgIpc) is 2.84. The van der Waals surface area contributed by atoms with Gasteiger partial charge in [-0.05, 0) is 38.2 Å². The first kappa shape index (κ1) is 17.1. The molecule has 1 aromatic carbocycles. The van der Waals surface area contributed by atoms with Crippen molar-refractivity contribution in [3.05, 3.63) is 29.1 Å². The van der Waals surface area contributed by atoms with Gasteiger partial charge in [-0.1, -0.05) is 12.1 Å². The van der Waals surface area contributed by atoms with Crippen molar-refractivity contribution >= 4 is 29.2 Å². The Morgan fingerprint density at radius 2 is 1.88 bits per heavy atom. The monoisotopic (exact) mass is 348 g/mol. The van der Waals surface area contributed by atoms with Gasteiger partial charge in [-0.25, -0.2) is 0 Å². The van der Waals surface area contributed by atoms with Crippen LogP contribution in [0.1, 0.15) is 13.8 Å². The molecule has 6 nitrogen and oxygen atoms in total. The summed E-state index contributed by atoms with van der Waals surface area (Å²) in [4.78, 5) is 16.9. The molecule has 0 bridgehead atoms. The van der Waals surface area contributed by atoms with Gasteiger partial charge in [-0.3, -0.25) is 19.2 Å². The third kappa shape index (κ3) is 4.03. The smallest absolute Gasteiger partial charge is 0.270 e. The van der Waals surface area contributed by atoms with E-state index in [9.17, 15) is 4.79 Å². The van der Waals surface area contributed by atoms with Crippen LogP contribution in [-0.4, -0.2) is 59.0 Å². The lowest BCUT2D eigenvalue weighted by Crippen LogP contribution is -2.50. The third-order valence-corrected chi connectivity index (χ3v) is 4.50. The van der Waals surface area contributed by atoms with E-state index in [2.05, 4.69) is 15.1 Å². The van der Waals surface area contributed by atoms with E-state index in [1.54, 1.807) is 0 Å². The van der Waals surface area contributed by atoms with Crippen LogP contribution in [0.15, 0.2) is 28.7 Å². The Kier molecular flexibility index (Phi) is 5.33. The van der Waals surface area contributed by atoms with Crippen LogP contribution in [-0.2, 0) is 11.5 Å². The minimum atomic E-state index is 0.0986. The number of fused-ring (bicyclic) bond motifs is 1. The van der Waals surface area contributed by atoms with Gasteiger partial charge >= 0.3 is 0 Å². The highest BCUT2D eigenvalue weighted by molar-refractivity contribution is 7.71. The maximum atomic E-state index is 11.9. The molecule has 0 atom stereocenters. The first-order valence-electron chi connectivity index (χ1n) is 8.35. The van der Waals surface area contributed by atoms with Gasteiger partial charge in [0, 0.05) is 32.2 Å². The summed E-state index contributed by atoms with van der Waals surface area (Å²) in [5.74, 6) is 0.0986. The molecule has 1 saturated heterocycles. The fourth-order valence-electron chi connectivity index (χ4n) is 3.01. The van der Waals surface area contributed by atoms with Gasteiger partial charge in [0.25, 0.3) is 4.84 Å². The number of hydrogen-bond donors (Lipinski definition) is 1. The number of piperazine rings is 1. The number of para-hydroxylation sites is 2. The molecule has 1 aromatic heterocycles. The minimum absolute atomic E-state index is 0.0986. The maximum absolute atomic E-state index is 11.9. The van der Waals surface area contributed by atoms with Crippen molar-refractivity contribution in [2.45, 2.75) is 26.6 Å². The highest BCUT2D eigenvalue weighted by atomic mass is 32.1. The van der Waals surface area contributed by atoms with Crippen LogP contribution in [0.25, 0.3) is 11.1 Å². The Morgan fingerprint density at radius 3 is 2.58 bits per heavy atom. The van der Waals surface area contributed by atoms with Crippen LogP contribution in [0.4, 0.5) is 0 Å². The molecule has 3 rings (SSSR count). The van der Waals surface area contributed by atoms with Crippen LogP contribution in [0.5, 0.6) is 0 Å². The van der Waals surface area contributed by atoms with E-state index in [0.717, 1.165) is 43.9 Å². The van der Waals surface area contributed by atoms with Gasteiger partial charge < -0.3 is 9.73 Å². The lowest BCUT2D eigenvalue weighted by molar-refractivity contribution is -0.123. The molecule has 2 heterocycles. The molecular weight excluding hydrogens is 324 g/mol. The predicted molar refractivity (Wildman–Crippen MR) is 96.3 cm³/mol. The van der Waals surface area contributed by atoms with Crippen LogP contribution in [0.2, 0.25) is 0 Å². The zero-order valence-electron chi connectivity index (χ0n) is 14.2. The van der Waals surface area contributed by atoms with E-state index >= 15 is 0 Å². The summed E-state index contributed by atoms with van der Waals surface area (Å²) in [7, 11) is 0. The van der Waals surface area contributed by atoms with Crippen molar-refractivity contribution < 1.29 is 9.21 Å². The lowest BCUT2D eigenvalue weighted by atomic mass is 10.3. The van der Waals surface area contributed by atoms with E-state index in [1.807, 2.05) is 42.7 Å². The van der Waals surface area contributed by atoms with Gasteiger partial charge in [0.2, 0.25) is 5.91 Å². The Balaban J connectivity index is 1.56. The van der Waals surface area contributed by atoms with Crippen molar-refractivity contribution in [3.63, 3.8) is 0 Å². The first-order valence-corrected chi connectivity index (χ1v) is 8.76. The molecule has 1 fully saturated rings. The number of aromatic nitrogens is 1. The van der Waals surface area contributed by atoms with Gasteiger partial charge in [0.1, 0.15) is 0 Å². The average molecular weight is 348 g/mol. The Hall–Kier alpha value is -1.70. The summed E-state index contributed by atoms with van der Waals surface area (Å²) in [6.07, 6.45) is 0. The molecule has 0 saturated carbocycles. The van der Waals surface area contributed by atoms with Crippen molar-refractivity contribution in [2.75, 3.05) is 32.7 Å². The fourth-order valence-corrected chi connectivity index (χ4v) is 3.25. The molecular formula is C17H24N4O2S. The summed E-state index contributed by atoms with van der Waals surface area (Å²) in [6.45, 7) is 8.75. The summed E-state index contributed by atoms with van der Waals surface area (Å²) in [5.41, 5.74) is 1.85. The van der Waals surface area contributed by atoms with Crippen LogP contribution in [0, 0.1) is 4.84 Å². The van der Waals surface area contributed by atoms with E-state index in [-0.39, 0.29) is 11.9 Å². The number of benzene rings is 1. The summed E-state index contributed by atoms with van der Waals surface area (Å²) < 4.78 is 7.67. The molecule has 0 radical (unpaired) electrons. The van der Waals surface area contributed by atoms with Gasteiger partial charge in [-0.2, -0.15) is 0 Å². The molecule has 24 heavy (non-hydrogen) atoms. The largest absolute Gasteiger partial charge is 0.429 e. The quantitative estimate of drug-likeness (QED) is 0.839. The summed E-state index contributed by atoms with van der Waals surface area (Å²) in [5, 5.41) is 2.94. The van der Waals surface area contributed by atoms with Crippen LogP contribution in [0.3, 0.4) is 0 Å². The SMILES string of the molecule is CC(C)NC(=O)CN1CCN(Cn2c(=S)oc3ccccc32)CC1. The molecule has 1 N–H and O–H groups in total. The predicted octanol–water partition coefficient (Wildman–Crippen LogP) is 2.06. The Morgan fingerprint density at radius 1 is 1.21 bits per heavy atom. The molecule has 1 aliphatic rings. The van der Waals surface area contributed by atoms with E-state index < -0.39 is 0 Å². The molecule has 0 spiro atoms. The molecule has 1 amide bonds. The van der Waals surface area contributed by atoms with Crippen molar-refractivity contribution in [3.8, 4) is 0 Å². The Labute approximate surface area is 147 Å². The number of rotatable bonds is 5. The molecule has 1 aliphatic heterocycles. The van der Waals surface area contributed by atoms with E-state index in [4.69, 9.17) is 16.6 Å². The second kappa shape index (κ2) is 7.46. The standard InChI is InChI=1S/C17H24N4O2S/c1-13(2)18-16(22)11-19-7-9-20(10-8-19)12-21-14-5-3-4-6-15(14)23-17(21)24/h3-6,13H,7-12H2,1-2H3,(H,18,22). The number of oxazole rings is 1. The maximum Gasteiger partial charge on any atom is 0.270 e. The van der Waals surface area contributed by atoms with Crippen molar-refractivity contribution in [1.29, 1.82) is 0 Å². The number of carbonyl (C=O) groups excluding carboxylic acids is 1. The summed E-state index contributed by atoms with van der Waals surface area (Å²) in [6, 6.07) is 8.10. The Bertz CT molecular complexity index is 759. The number of nitrogens with zero attached hydrogens (tertiary/aromatic N) is 3. The topological polar surface area (TPSA) is 53.7 Å². The van der Waals surface area contributed by atoms with Gasteiger partial charge in [0.05, 0.1) is 18.7 Å². The molecule has 7 heteroatoms. The van der Waals surface area contributed by atoms with Crippen LogP contribution < -0.4 is 5.32 Å². The van der Waals surface area contributed by atoms with Crippen molar-refractivity contribution in [1.82, 2.24) is 19.7 Å². The minimum Gasteiger partial charge on any atom is -0.429 e. The van der Waals surface area contributed by atoms with E-state index in [0.29, 0.717) is 11.4 Å². The highest BCUT2D eigenvalue weighted by Gasteiger charge is 2.20. The zero-order valence-corrected chi connectivity index (χ0v) is 15.0. The second-order valence-electron chi connectivity index (χ2n) is 6.52. The second-order valence-corrected chi connectivity index (χ2v) is 6.87. The van der Waals surface area contributed by atoms with Crippen molar-refractivity contribution in [2.24, 2.45) is 0 Å². The first-order chi connectivity index (χ1) is 11.5. The number of amides is 1. The molecule has 0 aliphatic carbocycles. The zero-order chi connectivity index (χ0) is 17.1. The van der Waals surface area contributed by atoms with Gasteiger partial charge in [-0.15, -0.1) is 0 Å². The fraction of sp³-hybridized carbons (Fsp3) is 0.529. The summed E-state index contributed by atoms with van der Waals surface area (Å²) >= 11 is 5.35. The number of nitrogens with one attached hydrogen (secondary N) is 1. The molecule has 130 valence electrons. The molecule has 0 unspecified atom stereocenters. The highest BCUT2D eigenvalue weighted by Crippen LogP contribution is 2.18. The third-order valence-electron chi connectivity index (χ3n) is 4.20. The normalized spacial score (nSPS) is 16.8. The molecule has 2 aromatic rings. The number of carbonyl (C=O) groups is 1. The van der Waals surface area contributed by atoms with Gasteiger partial charge in [0.15, 0.2) is 5.58 Å². The van der Waals surface area contributed by atoms with E-state index in [1.165, 1.54) is 0 Å².